The molecule has 0 amide bonds. The van der Waals surface area contributed by atoms with Gasteiger partial charge in [-0.15, -0.1) is 11.8 Å². The third-order valence-electron chi connectivity index (χ3n) is 9.86. The first-order valence-corrected chi connectivity index (χ1v) is 25.8. The minimum atomic E-state index is -4.51. The van der Waals surface area contributed by atoms with Gasteiger partial charge in [-0.05, 0) is 38.5 Å². The molecule has 5 atom stereocenters. The lowest BCUT2D eigenvalue weighted by Crippen LogP contribution is -2.39. The van der Waals surface area contributed by atoms with Gasteiger partial charge in [-0.1, -0.05) is 152 Å². The van der Waals surface area contributed by atoms with E-state index in [1.807, 2.05) is 45.4 Å². The average Bonchev–Trinajstić information content (AvgIpc) is 3.21. The van der Waals surface area contributed by atoms with Gasteiger partial charge in [0.25, 0.3) is 0 Å². The number of phosphoric ester groups is 1. The molecular formula is C47H86N2O11PS+. The Balaban J connectivity index is 5.25. The number of nitrogens with two attached hydrogens (primary N) is 1. The van der Waals surface area contributed by atoms with Crippen LogP contribution in [-0.2, 0) is 37.5 Å². The molecule has 5 N–H and O–H groups in total. The first-order valence-electron chi connectivity index (χ1n) is 23.3. The maximum atomic E-state index is 13.0. The Kier molecular flexibility index (Phi) is 37.7. The first kappa shape index (κ1) is 59.7. The number of carbonyl (C=O) groups excluding carboxylic acids is 2. The lowest BCUT2D eigenvalue weighted by Gasteiger charge is -2.24. The zero-order chi connectivity index (χ0) is 46.3. The van der Waals surface area contributed by atoms with Gasteiger partial charge in [0.15, 0.2) is 6.10 Å². The molecule has 0 fully saturated rings. The summed E-state index contributed by atoms with van der Waals surface area (Å²) in [6.45, 7) is 3.81. The number of aliphatic carboxylic acids is 1. The number of thioether (sulfide) groups is 1. The molecule has 15 heteroatoms. The van der Waals surface area contributed by atoms with Crippen LogP contribution in [0.2, 0.25) is 0 Å². The molecule has 0 aromatic carbocycles. The van der Waals surface area contributed by atoms with Crippen LogP contribution >= 0.6 is 19.6 Å². The Morgan fingerprint density at radius 2 is 1.34 bits per heavy atom. The normalized spacial score (nSPS) is 15.4. The summed E-state index contributed by atoms with van der Waals surface area (Å²) in [7, 11) is 1.22. The topological polar surface area (TPSA) is 192 Å². The Bertz CT molecular complexity index is 1320. The molecule has 0 rings (SSSR count). The number of esters is 2. The van der Waals surface area contributed by atoms with E-state index in [0.29, 0.717) is 17.4 Å². The highest BCUT2D eigenvalue weighted by atomic mass is 32.2. The number of rotatable bonds is 42. The number of hydrogen-bond acceptors (Lipinski definition) is 11. The van der Waals surface area contributed by atoms with Gasteiger partial charge >= 0.3 is 25.7 Å². The maximum Gasteiger partial charge on any atom is 0.472 e. The van der Waals surface area contributed by atoms with Crippen LogP contribution in [0.25, 0.3) is 0 Å². The minimum absolute atomic E-state index is 0.0445. The van der Waals surface area contributed by atoms with Crippen LogP contribution in [0.15, 0.2) is 48.6 Å². The number of ether oxygens (including phenoxy) is 2. The predicted octanol–water partition coefficient (Wildman–Crippen LogP) is 10.0. The van der Waals surface area contributed by atoms with E-state index in [1.54, 1.807) is 12.2 Å². The fraction of sp³-hybridized carbons (Fsp3) is 0.766. The quantitative estimate of drug-likeness (QED) is 0.0113. The number of carboxylic acids is 1. The highest BCUT2D eigenvalue weighted by Gasteiger charge is 2.28. The molecule has 0 radical (unpaired) electrons. The number of unbranched alkanes of at least 4 members (excludes halogenated alkanes) is 15. The Morgan fingerprint density at radius 1 is 0.742 bits per heavy atom. The summed E-state index contributed by atoms with van der Waals surface area (Å²) in [4.78, 5) is 47.2. The van der Waals surface area contributed by atoms with Crippen molar-refractivity contribution in [2.75, 3.05) is 53.3 Å². The van der Waals surface area contributed by atoms with Gasteiger partial charge < -0.3 is 34.8 Å². The molecule has 62 heavy (non-hydrogen) atoms. The lowest BCUT2D eigenvalue weighted by molar-refractivity contribution is -0.870. The Morgan fingerprint density at radius 3 is 1.95 bits per heavy atom. The molecule has 0 spiro atoms. The third kappa shape index (κ3) is 39.3. The summed E-state index contributed by atoms with van der Waals surface area (Å²) >= 11 is 1.23. The summed E-state index contributed by atoms with van der Waals surface area (Å²) in [5.74, 6) is -2.23. The van der Waals surface area contributed by atoms with E-state index in [4.69, 9.17) is 29.4 Å². The van der Waals surface area contributed by atoms with E-state index in [-0.39, 0.29) is 38.0 Å². The standard InChI is InChI=1S/C47H85N2O11PS/c1-6-8-10-12-14-16-18-20-22-24-26-28-30-35-46(53)60-41(39-59-61(55,56)58-37-36-49(3,4)5)38-57-47(54)42(48)40-62-44(43(50)32-31-34-45(51)52)33-29-27-25-23-21-19-17-15-13-11-9-7-2/h15,17,21,23,25,27,29,33,41-44,50H,6-14,16,18-20,22,24,26,28,30-32,34-40,48H2,1-5H3,(H-,51,52,55,56)/p+1/b17-15-,23-21-,27-25+,33-29+/t41-,42+,43+,44-/m1/s1. The molecule has 0 heterocycles. The molecule has 360 valence electrons. The second-order valence-electron chi connectivity index (χ2n) is 17.0. The molecular weight excluding hydrogens is 832 g/mol. The summed E-state index contributed by atoms with van der Waals surface area (Å²) < 4.78 is 34.4. The third-order valence-corrected chi connectivity index (χ3v) is 12.3. The van der Waals surface area contributed by atoms with Crippen molar-refractivity contribution >= 4 is 37.5 Å². The number of carbonyl (C=O) groups is 3. The highest BCUT2D eigenvalue weighted by molar-refractivity contribution is 8.00. The number of hydrogen-bond donors (Lipinski definition) is 4. The van der Waals surface area contributed by atoms with Crippen molar-refractivity contribution in [2.45, 2.75) is 179 Å². The number of quaternary nitrogens is 1. The van der Waals surface area contributed by atoms with Crippen LogP contribution in [0.1, 0.15) is 155 Å². The second kappa shape index (κ2) is 39.1. The number of phosphoric acid groups is 1. The molecule has 0 aliphatic heterocycles. The van der Waals surface area contributed by atoms with Crippen molar-refractivity contribution in [2.24, 2.45) is 5.73 Å². The van der Waals surface area contributed by atoms with Crippen LogP contribution in [0.4, 0.5) is 0 Å². The Labute approximate surface area is 379 Å². The van der Waals surface area contributed by atoms with Crippen molar-refractivity contribution in [1.82, 2.24) is 0 Å². The largest absolute Gasteiger partial charge is 0.481 e. The van der Waals surface area contributed by atoms with Crippen LogP contribution in [0.3, 0.4) is 0 Å². The van der Waals surface area contributed by atoms with Crippen molar-refractivity contribution in [3.8, 4) is 0 Å². The minimum Gasteiger partial charge on any atom is -0.481 e. The number of allylic oxidation sites excluding steroid dienone is 7. The molecule has 0 aromatic heterocycles. The van der Waals surface area contributed by atoms with E-state index in [2.05, 4.69) is 26.0 Å². The molecule has 13 nitrogen and oxygen atoms in total. The van der Waals surface area contributed by atoms with Gasteiger partial charge in [0.05, 0.1) is 33.9 Å². The fourth-order valence-corrected chi connectivity index (χ4v) is 7.91. The summed E-state index contributed by atoms with van der Waals surface area (Å²) in [6.07, 6.45) is 34.8. The van der Waals surface area contributed by atoms with Crippen LogP contribution in [0.5, 0.6) is 0 Å². The van der Waals surface area contributed by atoms with E-state index in [0.717, 1.165) is 32.1 Å². The number of nitrogens with zero attached hydrogens (tertiary/aromatic N) is 1. The molecule has 0 aromatic rings. The molecule has 0 saturated heterocycles. The van der Waals surface area contributed by atoms with Gasteiger partial charge in [-0.3, -0.25) is 23.4 Å². The SMILES string of the molecule is CCCCC/C=C\C\C=C/C=C/C=C/[C@@H](SC[C@H](N)C(=O)OC[C@H](COP(=O)(O)OCC[N+](C)(C)C)OC(=O)CCCCCCCCCCCCCCC)[C@@H](O)CCCC(=O)O. The average molecular weight is 918 g/mol. The van der Waals surface area contributed by atoms with Crippen molar-refractivity contribution < 1.29 is 57.1 Å². The predicted molar refractivity (Wildman–Crippen MR) is 253 cm³/mol. The fourth-order valence-electron chi connectivity index (χ4n) is 6.04. The van der Waals surface area contributed by atoms with Crippen molar-refractivity contribution in [1.29, 1.82) is 0 Å². The van der Waals surface area contributed by atoms with Crippen molar-refractivity contribution in [3.63, 3.8) is 0 Å². The van der Waals surface area contributed by atoms with Gasteiger partial charge in [-0.2, -0.15) is 0 Å². The van der Waals surface area contributed by atoms with E-state index < -0.39 is 62.4 Å². The Hall–Kier alpha value is -2.29. The van der Waals surface area contributed by atoms with Gasteiger partial charge in [0.1, 0.15) is 25.8 Å². The lowest BCUT2D eigenvalue weighted by atomic mass is 10.0. The summed E-state index contributed by atoms with van der Waals surface area (Å²) in [5.41, 5.74) is 6.20. The van der Waals surface area contributed by atoms with Gasteiger partial charge in [0, 0.05) is 23.8 Å². The van der Waals surface area contributed by atoms with E-state index in [1.165, 1.54) is 88.8 Å². The number of carboxylic acid groups (broad SMARTS) is 1. The van der Waals surface area contributed by atoms with Crippen LogP contribution in [0, 0.1) is 0 Å². The molecule has 1 unspecified atom stereocenters. The first-order chi connectivity index (χ1) is 29.6. The molecule has 0 saturated carbocycles. The monoisotopic (exact) mass is 918 g/mol. The second-order valence-corrected chi connectivity index (χ2v) is 19.7. The number of aliphatic hydroxyl groups excluding tert-OH is 1. The zero-order valence-corrected chi connectivity index (χ0v) is 40.7. The van der Waals surface area contributed by atoms with Gasteiger partial charge in [-0.25, -0.2) is 4.57 Å². The van der Waals surface area contributed by atoms with Crippen molar-refractivity contribution in [3.05, 3.63) is 48.6 Å². The smallest absolute Gasteiger partial charge is 0.472 e. The zero-order valence-electron chi connectivity index (χ0n) is 39.0. The highest BCUT2D eigenvalue weighted by Crippen LogP contribution is 2.43. The molecule has 0 aliphatic carbocycles. The van der Waals surface area contributed by atoms with E-state index in [9.17, 15) is 28.9 Å². The van der Waals surface area contributed by atoms with Gasteiger partial charge in [0.2, 0.25) is 0 Å². The van der Waals surface area contributed by atoms with Crippen LogP contribution < -0.4 is 5.73 Å². The summed E-state index contributed by atoms with van der Waals surface area (Å²) in [6, 6.07) is -1.12. The maximum absolute atomic E-state index is 13.0. The summed E-state index contributed by atoms with van der Waals surface area (Å²) in [5, 5.41) is 19.5. The number of aliphatic hydroxyl groups is 1. The van der Waals surface area contributed by atoms with E-state index >= 15 is 0 Å². The van der Waals surface area contributed by atoms with Crippen LogP contribution in [-0.4, -0.2) is 114 Å². The molecule has 0 bridgehead atoms. The number of likely N-dealkylation sites (N-methyl/N-ethyl adjacent to an activating group) is 1. The molecule has 0 aliphatic rings.